The highest BCUT2D eigenvalue weighted by atomic mass is 16.4. The van der Waals surface area contributed by atoms with E-state index in [2.05, 4.69) is 10.9 Å². The first-order valence-corrected chi connectivity index (χ1v) is 7.84. The second-order valence-electron chi connectivity index (χ2n) is 6.33. The number of hydrogen-bond acceptors (Lipinski definition) is 3. The molecule has 3 N–H and O–H groups in total. The minimum absolute atomic E-state index is 0.352. The van der Waals surface area contributed by atoms with Crippen molar-refractivity contribution in [2.75, 3.05) is 0 Å². The van der Waals surface area contributed by atoms with Crippen LogP contribution in [-0.2, 0) is 9.59 Å². The van der Waals surface area contributed by atoms with E-state index in [0.717, 1.165) is 16.7 Å². The van der Waals surface area contributed by atoms with Crippen molar-refractivity contribution in [3.63, 3.8) is 0 Å². The lowest BCUT2D eigenvalue weighted by Gasteiger charge is -2.29. The third kappa shape index (κ3) is 4.01. The van der Waals surface area contributed by atoms with Crippen LogP contribution in [0.5, 0.6) is 0 Å². The summed E-state index contributed by atoms with van der Waals surface area (Å²) in [6, 6.07) is 6.97. The third-order valence-electron chi connectivity index (χ3n) is 4.50. The Kier molecular flexibility index (Phi) is 5.39. The zero-order chi connectivity index (χ0) is 17.9. The van der Waals surface area contributed by atoms with E-state index in [1.54, 1.807) is 18.2 Å². The number of allylic oxidation sites excluding steroid dienone is 2. The minimum Gasteiger partial charge on any atom is -0.481 e. The quantitative estimate of drug-likeness (QED) is 0.585. The number of carboxylic acid groups (broad SMARTS) is 1. The Morgan fingerprint density at radius 1 is 1.00 bits per heavy atom. The lowest BCUT2D eigenvalue weighted by atomic mass is 9.76. The van der Waals surface area contributed by atoms with Crippen LogP contribution in [0.4, 0.5) is 0 Å². The van der Waals surface area contributed by atoms with E-state index >= 15 is 0 Å². The van der Waals surface area contributed by atoms with Gasteiger partial charge in [-0.2, -0.15) is 0 Å². The molecule has 24 heavy (non-hydrogen) atoms. The molecule has 2 amide bonds. The molecule has 0 bridgehead atoms. The van der Waals surface area contributed by atoms with Crippen molar-refractivity contribution in [3.8, 4) is 0 Å². The number of carboxylic acids is 1. The van der Waals surface area contributed by atoms with Gasteiger partial charge in [0.25, 0.3) is 5.91 Å². The molecule has 0 radical (unpaired) electrons. The van der Waals surface area contributed by atoms with E-state index in [1.165, 1.54) is 0 Å². The Morgan fingerprint density at radius 3 is 2.21 bits per heavy atom. The van der Waals surface area contributed by atoms with Crippen LogP contribution >= 0.6 is 0 Å². The van der Waals surface area contributed by atoms with E-state index in [1.807, 2.05) is 26.8 Å². The predicted molar refractivity (Wildman–Crippen MR) is 89.0 cm³/mol. The van der Waals surface area contributed by atoms with Gasteiger partial charge in [0.15, 0.2) is 0 Å². The highest BCUT2D eigenvalue weighted by Crippen LogP contribution is 2.34. The number of amides is 2. The molecule has 1 aromatic carbocycles. The fraction of sp³-hybridized carbons (Fsp3) is 0.389. The summed E-state index contributed by atoms with van der Waals surface area (Å²) < 4.78 is 0. The summed E-state index contributed by atoms with van der Waals surface area (Å²) in [5.41, 5.74) is 8.13. The maximum Gasteiger partial charge on any atom is 0.307 e. The first-order valence-electron chi connectivity index (χ1n) is 7.84. The molecular weight excluding hydrogens is 308 g/mol. The van der Waals surface area contributed by atoms with Crippen LogP contribution in [0, 0.1) is 18.8 Å². The SMILES string of the molecule is CC1=C(C)C[C@@H](C(=O)NNC(=O)c2cccc(C)c2)[C@@H](C(=O)O)C1. The van der Waals surface area contributed by atoms with E-state index in [4.69, 9.17) is 0 Å². The Hall–Kier alpha value is -2.63. The van der Waals surface area contributed by atoms with E-state index < -0.39 is 29.6 Å². The predicted octanol–water partition coefficient (Wildman–Crippen LogP) is 2.20. The van der Waals surface area contributed by atoms with Crippen LogP contribution in [0.25, 0.3) is 0 Å². The van der Waals surface area contributed by atoms with Gasteiger partial charge in [-0.1, -0.05) is 28.8 Å². The van der Waals surface area contributed by atoms with Gasteiger partial charge in [0.05, 0.1) is 11.8 Å². The summed E-state index contributed by atoms with van der Waals surface area (Å²) in [4.78, 5) is 35.8. The van der Waals surface area contributed by atoms with Gasteiger partial charge in [-0.05, 0) is 45.7 Å². The Labute approximate surface area is 140 Å². The lowest BCUT2D eigenvalue weighted by Crippen LogP contribution is -2.48. The topological polar surface area (TPSA) is 95.5 Å². The number of rotatable bonds is 3. The Bertz CT molecular complexity index is 709. The first-order chi connectivity index (χ1) is 11.3. The summed E-state index contributed by atoms with van der Waals surface area (Å²) in [6.45, 7) is 5.66. The van der Waals surface area contributed by atoms with Crippen molar-refractivity contribution in [2.24, 2.45) is 11.8 Å². The maximum absolute atomic E-state index is 12.4. The maximum atomic E-state index is 12.4. The number of carbonyl (C=O) groups excluding carboxylic acids is 2. The van der Waals surface area contributed by atoms with Crippen molar-refractivity contribution in [1.29, 1.82) is 0 Å². The molecule has 0 aliphatic heterocycles. The van der Waals surface area contributed by atoms with E-state index in [9.17, 15) is 19.5 Å². The van der Waals surface area contributed by atoms with Gasteiger partial charge in [-0.25, -0.2) is 0 Å². The monoisotopic (exact) mass is 330 g/mol. The molecule has 1 aliphatic carbocycles. The van der Waals surface area contributed by atoms with Gasteiger partial charge in [0.2, 0.25) is 5.91 Å². The fourth-order valence-electron chi connectivity index (χ4n) is 2.90. The van der Waals surface area contributed by atoms with Crippen molar-refractivity contribution < 1.29 is 19.5 Å². The Balaban J connectivity index is 2.03. The van der Waals surface area contributed by atoms with Gasteiger partial charge >= 0.3 is 5.97 Å². The third-order valence-corrected chi connectivity index (χ3v) is 4.50. The second kappa shape index (κ2) is 7.29. The molecule has 1 aromatic rings. The molecule has 0 spiro atoms. The number of carbonyl (C=O) groups is 3. The normalized spacial score (nSPS) is 20.5. The number of nitrogens with one attached hydrogen (secondary N) is 2. The standard InChI is InChI=1S/C18H22N2O4/c1-10-5-4-6-13(7-10)16(21)19-20-17(22)14-8-11(2)12(3)9-15(14)18(23)24/h4-7,14-15H,8-9H2,1-3H3,(H,19,21)(H,20,22)(H,23,24)/t14-,15+/m1/s1. The molecule has 1 aliphatic rings. The number of aryl methyl sites for hydroxylation is 1. The summed E-state index contributed by atoms with van der Waals surface area (Å²) in [7, 11) is 0. The molecular formula is C18H22N2O4. The van der Waals surface area contributed by atoms with Gasteiger partial charge in [-0.3, -0.25) is 25.2 Å². The van der Waals surface area contributed by atoms with Crippen LogP contribution in [-0.4, -0.2) is 22.9 Å². The molecule has 0 saturated heterocycles. The number of aliphatic carboxylic acids is 1. The molecule has 2 rings (SSSR count). The molecule has 2 atom stereocenters. The second-order valence-corrected chi connectivity index (χ2v) is 6.33. The van der Waals surface area contributed by atoms with Crippen LogP contribution in [0.1, 0.15) is 42.6 Å². The minimum atomic E-state index is -0.994. The molecule has 0 unspecified atom stereocenters. The van der Waals surface area contributed by atoms with Crippen LogP contribution in [0.15, 0.2) is 35.4 Å². The highest BCUT2D eigenvalue weighted by Gasteiger charge is 2.37. The van der Waals surface area contributed by atoms with Crippen molar-refractivity contribution in [3.05, 3.63) is 46.5 Å². The number of benzene rings is 1. The van der Waals surface area contributed by atoms with Gasteiger partial charge in [-0.15, -0.1) is 0 Å². The van der Waals surface area contributed by atoms with Crippen LogP contribution in [0.3, 0.4) is 0 Å². The summed E-state index contributed by atoms with van der Waals surface area (Å²) >= 11 is 0. The van der Waals surface area contributed by atoms with Crippen molar-refractivity contribution in [1.82, 2.24) is 10.9 Å². The Morgan fingerprint density at radius 2 is 1.62 bits per heavy atom. The zero-order valence-corrected chi connectivity index (χ0v) is 14.1. The van der Waals surface area contributed by atoms with Crippen LogP contribution < -0.4 is 10.9 Å². The number of hydrazine groups is 1. The average molecular weight is 330 g/mol. The molecule has 0 saturated carbocycles. The molecule has 128 valence electrons. The van der Waals surface area contributed by atoms with Crippen molar-refractivity contribution >= 4 is 17.8 Å². The van der Waals surface area contributed by atoms with E-state index in [-0.39, 0.29) is 0 Å². The number of hydrogen-bond donors (Lipinski definition) is 3. The molecule has 6 nitrogen and oxygen atoms in total. The molecule has 6 heteroatoms. The lowest BCUT2D eigenvalue weighted by molar-refractivity contribution is -0.147. The van der Waals surface area contributed by atoms with Gasteiger partial charge in [0, 0.05) is 5.56 Å². The van der Waals surface area contributed by atoms with Gasteiger partial charge in [0.1, 0.15) is 0 Å². The van der Waals surface area contributed by atoms with E-state index in [0.29, 0.717) is 18.4 Å². The van der Waals surface area contributed by atoms with Crippen molar-refractivity contribution in [2.45, 2.75) is 33.6 Å². The highest BCUT2D eigenvalue weighted by molar-refractivity contribution is 5.96. The molecule has 0 fully saturated rings. The summed E-state index contributed by atoms with van der Waals surface area (Å²) in [5.74, 6) is -3.37. The summed E-state index contributed by atoms with van der Waals surface area (Å²) in [6.07, 6.45) is 0.736. The molecule has 0 aromatic heterocycles. The first kappa shape index (κ1) is 17.7. The zero-order valence-electron chi connectivity index (χ0n) is 14.1. The molecule has 0 heterocycles. The van der Waals surface area contributed by atoms with Gasteiger partial charge < -0.3 is 5.11 Å². The largest absolute Gasteiger partial charge is 0.481 e. The average Bonchev–Trinajstić information content (AvgIpc) is 2.54. The van der Waals surface area contributed by atoms with Crippen LogP contribution in [0.2, 0.25) is 0 Å². The fourth-order valence-corrected chi connectivity index (χ4v) is 2.90. The summed E-state index contributed by atoms with van der Waals surface area (Å²) in [5, 5.41) is 9.36. The smallest absolute Gasteiger partial charge is 0.307 e.